The van der Waals surface area contributed by atoms with Gasteiger partial charge < -0.3 is 14.2 Å². The number of phosphoric acid groups is 1. The van der Waals surface area contributed by atoms with Crippen LogP contribution in [0, 0.1) is 11.6 Å². The maximum absolute atomic E-state index is 15.3. The zero-order valence-electron chi connectivity index (χ0n) is 22.8. The van der Waals surface area contributed by atoms with Gasteiger partial charge in [0.15, 0.2) is 17.3 Å². The predicted octanol–water partition coefficient (Wildman–Crippen LogP) is 4.83. The second kappa shape index (κ2) is 11.5. The third-order valence-corrected chi connectivity index (χ3v) is 9.98. The number of carbonyl (C=O) groups excluding carboxylic acids is 1. The van der Waals surface area contributed by atoms with Gasteiger partial charge in [-0.2, -0.15) is 0 Å². The van der Waals surface area contributed by atoms with Crippen LogP contribution < -0.4 is 15.0 Å². The number of pyridine rings is 1. The lowest BCUT2D eigenvalue weighted by Gasteiger charge is -2.51. The van der Waals surface area contributed by atoms with E-state index in [0.717, 1.165) is 16.5 Å². The molecule has 0 radical (unpaired) electrons. The Morgan fingerprint density at radius 3 is 2.57 bits per heavy atom. The van der Waals surface area contributed by atoms with Crippen LogP contribution in [-0.4, -0.2) is 54.6 Å². The van der Waals surface area contributed by atoms with Gasteiger partial charge in [-0.1, -0.05) is 24.3 Å². The average molecular weight is 620 g/mol. The number of rotatable bonds is 7. The van der Waals surface area contributed by atoms with Crippen molar-refractivity contribution in [2.45, 2.75) is 36.7 Å². The first-order chi connectivity index (χ1) is 20.3. The molecule has 10 nitrogen and oxygen atoms in total. The molecule has 3 aromatic rings. The summed E-state index contributed by atoms with van der Waals surface area (Å²) in [7, 11) is -4.28. The van der Waals surface area contributed by atoms with E-state index in [4.69, 9.17) is 18.3 Å². The van der Waals surface area contributed by atoms with Crippen LogP contribution in [0.4, 0.5) is 8.78 Å². The highest BCUT2D eigenvalue weighted by atomic mass is 32.2. The summed E-state index contributed by atoms with van der Waals surface area (Å²) in [5, 5.41) is 1.80. The number of carbonyl (C=O) groups is 1. The number of hydrogen-bond acceptors (Lipinski definition) is 9. The molecule has 0 unspecified atom stereocenters. The number of phosphoric ester groups is 1. The Kier molecular flexibility index (Phi) is 7.88. The van der Waals surface area contributed by atoms with Crippen LogP contribution in [0.25, 0.3) is 0 Å². The second-order valence-electron chi connectivity index (χ2n) is 9.67. The third kappa shape index (κ3) is 4.83. The van der Waals surface area contributed by atoms with E-state index in [2.05, 4.69) is 0 Å². The molecule has 0 N–H and O–H groups in total. The summed E-state index contributed by atoms with van der Waals surface area (Å²) in [6.07, 6.45) is 0.725. The van der Waals surface area contributed by atoms with Gasteiger partial charge in [-0.15, -0.1) is 11.8 Å². The van der Waals surface area contributed by atoms with Crippen LogP contribution in [0.3, 0.4) is 0 Å². The summed E-state index contributed by atoms with van der Waals surface area (Å²) in [6.45, 7) is 3.65. The van der Waals surface area contributed by atoms with Crippen molar-refractivity contribution in [3.05, 3.63) is 92.9 Å². The lowest BCUT2D eigenvalue weighted by Crippen LogP contribution is -2.66. The highest BCUT2D eigenvalue weighted by Gasteiger charge is 2.47. The van der Waals surface area contributed by atoms with E-state index in [1.807, 2.05) is 24.3 Å². The number of benzene rings is 2. The molecule has 1 fully saturated rings. The molecular formula is C28H28F2N3O7PS. The standard InChI is InChI=1S/C28H28F2N3O7PS/c1-3-38-41(36,39-4-2)40-27-21(34)11-12-32-26(27)28(35)31-13-14-37-15-23(31)33(32)25-17-9-10-20(29)24(30)19(17)16-42-22-8-6-5-7-18(22)25/h5-12,23,25H,3-4,13-16H2,1-2H3/t23-,25+/m1/s1. The number of ether oxygens (including phenoxy) is 1. The Bertz CT molecular complexity index is 1640. The van der Waals surface area contributed by atoms with Gasteiger partial charge in [0, 0.05) is 35.0 Å². The molecule has 0 saturated carbocycles. The number of thioether (sulfide) groups is 1. The fourth-order valence-corrected chi connectivity index (χ4v) is 7.90. The monoisotopic (exact) mass is 619 g/mol. The number of halogens is 2. The molecule has 0 aliphatic carbocycles. The molecule has 4 heterocycles. The van der Waals surface area contributed by atoms with Gasteiger partial charge in [-0.05, 0) is 37.1 Å². The smallest absolute Gasteiger partial charge is 0.397 e. The van der Waals surface area contributed by atoms with Crippen molar-refractivity contribution in [1.29, 1.82) is 0 Å². The molecule has 1 aromatic heterocycles. The number of amides is 1. The van der Waals surface area contributed by atoms with Gasteiger partial charge in [0.05, 0.1) is 32.5 Å². The van der Waals surface area contributed by atoms with Crippen LogP contribution in [-0.2, 0) is 24.1 Å². The number of morpholine rings is 1. The highest BCUT2D eigenvalue weighted by molar-refractivity contribution is 7.98. The predicted molar refractivity (Wildman–Crippen MR) is 150 cm³/mol. The zero-order chi connectivity index (χ0) is 29.6. The average Bonchev–Trinajstić information content (AvgIpc) is 3.14. The molecule has 3 aliphatic heterocycles. The molecule has 3 aliphatic rings. The molecule has 0 spiro atoms. The minimum atomic E-state index is -4.28. The van der Waals surface area contributed by atoms with Crippen molar-refractivity contribution in [3.63, 3.8) is 0 Å². The van der Waals surface area contributed by atoms with Crippen molar-refractivity contribution >= 4 is 25.5 Å². The number of nitrogens with zero attached hydrogens (tertiary/aromatic N) is 3. The number of hydrogen-bond donors (Lipinski definition) is 0. The molecule has 42 heavy (non-hydrogen) atoms. The van der Waals surface area contributed by atoms with Crippen LogP contribution >= 0.6 is 19.6 Å². The fraction of sp³-hybridized carbons (Fsp3) is 0.357. The molecule has 0 bridgehead atoms. The molecule has 222 valence electrons. The van der Waals surface area contributed by atoms with Crippen molar-refractivity contribution in [3.8, 4) is 5.75 Å². The molecule has 2 aromatic carbocycles. The lowest BCUT2D eigenvalue weighted by molar-refractivity contribution is -0.0197. The van der Waals surface area contributed by atoms with E-state index < -0.39 is 48.8 Å². The Hall–Kier alpha value is -3.22. The summed E-state index contributed by atoms with van der Waals surface area (Å²) in [4.78, 5) is 29.6. The summed E-state index contributed by atoms with van der Waals surface area (Å²) in [6, 6.07) is 10.6. The van der Waals surface area contributed by atoms with E-state index in [9.17, 15) is 18.5 Å². The molecular weight excluding hydrogens is 591 g/mol. The minimum Gasteiger partial charge on any atom is -0.397 e. The number of fused-ring (bicyclic) bond motifs is 4. The Morgan fingerprint density at radius 2 is 1.81 bits per heavy atom. The lowest BCUT2D eigenvalue weighted by atomic mass is 9.93. The summed E-state index contributed by atoms with van der Waals surface area (Å²) >= 11 is 1.38. The highest BCUT2D eigenvalue weighted by Crippen LogP contribution is 2.50. The quantitative estimate of drug-likeness (QED) is 0.345. The number of aromatic nitrogens is 1. The van der Waals surface area contributed by atoms with Crippen molar-refractivity contribution in [2.24, 2.45) is 0 Å². The normalized spacial score (nSPS) is 19.9. The van der Waals surface area contributed by atoms with Gasteiger partial charge in [0.1, 0.15) is 6.17 Å². The molecule has 14 heteroatoms. The Labute approximate surface area is 244 Å². The maximum atomic E-state index is 15.3. The van der Waals surface area contributed by atoms with E-state index in [0.29, 0.717) is 5.56 Å². The summed E-state index contributed by atoms with van der Waals surface area (Å²) < 4.78 is 66.7. The van der Waals surface area contributed by atoms with Crippen molar-refractivity contribution in [1.82, 2.24) is 9.58 Å². The van der Waals surface area contributed by atoms with Gasteiger partial charge in [0.25, 0.3) is 5.91 Å². The Balaban J connectivity index is 1.62. The second-order valence-corrected chi connectivity index (χ2v) is 12.3. The van der Waals surface area contributed by atoms with Gasteiger partial charge in [-0.25, -0.2) is 13.3 Å². The maximum Gasteiger partial charge on any atom is 0.530 e. The van der Waals surface area contributed by atoms with E-state index >= 15 is 4.39 Å². The van der Waals surface area contributed by atoms with Crippen LogP contribution in [0.5, 0.6) is 5.75 Å². The first-order valence-electron chi connectivity index (χ1n) is 13.5. The van der Waals surface area contributed by atoms with E-state index in [1.54, 1.807) is 24.9 Å². The topological polar surface area (TPSA) is 99.5 Å². The van der Waals surface area contributed by atoms with E-state index in [-0.39, 0.29) is 50.0 Å². The van der Waals surface area contributed by atoms with Crippen LogP contribution in [0.15, 0.2) is 58.4 Å². The van der Waals surface area contributed by atoms with E-state index in [1.165, 1.54) is 33.6 Å². The first-order valence-corrected chi connectivity index (χ1v) is 15.9. The summed E-state index contributed by atoms with van der Waals surface area (Å²) in [5.41, 5.74) is 0.573. The fourth-order valence-electron chi connectivity index (χ4n) is 5.58. The first kappa shape index (κ1) is 28.9. The summed E-state index contributed by atoms with van der Waals surface area (Å²) in [5.74, 6) is -2.77. The molecule has 6 rings (SSSR count). The van der Waals surface area contributed by atoms with Crippen LogP contribution in [0.2, 0.25) is 0 Å². The third-order valence-electron chi connectivity index (χ3n) is 7.31. The minimum absolute atomic E-state index is 0.0331. The van der Waals surface area contributed by atoms with Crippen molar-refractivity contribution in [2.75, 3.05) is 38.0 Å². The van der Waals surface area contributed by atoms with Gasteiger partial charge >= 0.3 is 7.82 Å². The van der Waals surface area contributed by atoms with Gasteiger partial charge in [0.2, 0.25) is 11.2 Å². The molecule has 1 amide bonds. The Morgan fingerprint density at radius 1 is 1.05 bits per heavy atom. The zero-order valence-corrected chi connectivity index (χ0v) is 24.5. The SMILES string of the molecule is CCOP(=O)(OCC)Oc1c2n(ccc1=O)N([C@@H]1c3ccccc3SCc3c1ccc(F)c3F)[C@@H]1COCCN1C2=O. The molecule has 1 saturated heterocycles. The van der Waals surface area contributed by atoms with Crippen LogP contribution in [0.1, 0.15) is 47.1 Å². The van der Waals surface area contributed by atoms with Crippen molar-refractivity contribution < 1.29 is 36.4 Å². The largest absolute Gasteiger partial charge is 0.530 e. The molecule has 2 atom stereocenters. The van der Waals surface area contributed by atoms with Gasteiger partial charge in [-0.3, -0.25) is 28.3 Å².